The number of ketones is 2. The van der Waals surface area contributed by atoms with Gasteiger partial charge in [-0.05, 0) is 10.8 Å². The average molecular weight is 415 g/mol. The Kier molecular flexibility index (Phi) is 6.64. The molecule has 0 aliphatic heterocycles. The van der Waals surface area contributed by atoms with Gasteiger partial charge in [-0.15, -0.1) is 0 Å². The summed E-state index contributed by atoms with van der Waals surface area (Å²) in [6, 6.07) is 41.7. The molecular formula is C30H22O2. The van der Waals surface area contributed by atoms with Gasteiger partial charge in [0.2, 0.25) is 0 Å². The lowest BCUT2D eigenvalue weighted by Gasteiger charge is -2.08. The minimum absolute atomic E-state index is 0.138. The van der Waals surface area contributed by atoms with Crippen molar-refractivity contribution in [1.82, 2.24) is 0 Å². The number of rotatable bonds is 4. The topological polar surface area (TPSA) is 34.1 Å². The average Bonchev–Trinajstić information content (AvgIpc) is 2.89. The van der Waals surface area contributed by atoms with Gasteiger partial charge in [0.1, 0.15) is 0 Å². The monoisotopic (exact) mass is 414 g/mol. The van der Waals surface area contributed by atoms with Crippen LogP contribution in [0.5, 0.6) is 0 Å². The molecule has 5 aromatic rings. The van der Waals surface area contributed by atoms with Crippen LogP contribution in [-0.2, 0) is 0 Å². The minimum atomic E-state index is -0.138. The molecule has 0 fully saturated rings. The molecule has 0 aliphatic carbocycles. The molecule has 0 bridgehead atoms. The fraction of sp³-hybridized carbons (Fsp3) is 0. The molecule has 0 saturated carbocycles. The quantitative estimate of drug-likeness (QED) is 0.297. The minimum Gasteiger partial charge on any atom is -0.289 e. The van der Waals surface area contributed by atoms with Crippen molar-refractivity contribution in [2.24, 2.45) is 0 Å². The van der Waals surface area contributed by atoms with E-state index in [1.165, 1.54) is 10.8 Å². The lowest BCUT2D eigenvalue weighted by Crippen LogP contribution is -2.10. The smallest absolute Gasteiger partial charge is 0.193 e. The summed E-state index contributed by atoms with van der Waals surface area (Å²) in [5, 5.41) is 2.62. The molecule has 0 N–H and O–H groups in total. The summed E-state index contributed by atoms with van der Waals surface area (Å²) in [5.41, 5.74) is 2.02. The highest BCUT2D eigenvalue weighted by molar-refractivity contribution is 6.19. The van der Waals surface area contributed by atoms with Crippen LogP contribution in [0.4, 0.5) is 0 Å². The van der Waals surface area contributed by atoms with E-state index >= 15 is 0 Å². The zero-order valence-corrected chi connectivity index (χ0v) is 17.5. The Morgan fingerprint density at radius 1 is 0.344 bits per heavy atom. The number of carbonyl (C=O) groups excluding carboxylic acids is 2. The molecule has 0 amide bonds. The maximum Gasteiger partial charge on any atom is 0.193 e. The van der Waals surface area contributed by atoms with Crippen molar-refractivity contribution in [2.45, 2.75) is 0 Å². The van der Waals surface area contributed by atoms with E-state index in [0.717, 1.165) is 0 Å². The molecule has 2 heteroatoms. The van der Waals surface area contributed by atoms with E-state index in [4.69, 9.17) is 0 Å². The van der Waals surface area contributed by atoms with Gasteiger partial charge in [-0.25, -0.2) is 0 Å². The van der Waals surface area contributed by atoms with Crippen LogP contribution in [0.3, 0.4) is 0 Å². The zero-order valence-electron chi connectivity index (χ0n) is 17.5. The third-order valence-electron chi connectivity index (χ3n) is 5.15. The van der Waals surface area contributed by atoms with E-state index in [-0.39, 0.29) is 11.6 Å². The molecule has 2 nitrogen and oxygen atoms in total. The summed E-state index contributed by atoms with van der Waals surface area (Å²) in [4.78, 5) is 25.3. The van der Waals surface area contributed by atoms with Crippen molar-refractivity contribution in [3.8, 4) is 0 Å². The Bertz CT molecular complexity index is 1200. The summed E-state index contributed by atoms with van der Waals surface area (Å²) < 4.78 is 0. The SMILES string of the molecule is O=C(c1ccccc1)c1ccccc1C(=O)c1ccccc1.c1ccc2ccccc2c1. The van der Waals surface area contributed by atoms with E-state index in [1.807, 2.05) is 36.4 Å². The number of hydrogen-bond acceptors (Lipinski definition) is 2. The van der Waals surface area contributed by atoms with Crippen molar-refractivity contribution < 1.29 is 9.59 Å². The number of hydrogen-bond donors (Lipinski definition) is 0. The standard InChI is InChI=1S/C20H14O2.C10H8/c21-19(15-9-3-1-4-10-15)17-13-7-8-14-18(17)20(22)16-11-5-2-6-12-16;1-2-6-10-8-4-3-7-9(10)5-1/h1-14H;1-8H. The molecule has 0 aromatic heterocycles. The van der Waals surface area contributed by atoms with Crippen molar-refractivity contribution in [2.75, 3.05) is 0 Å². The first-order valence-corrected chi connectivity index (χ1v) is 10.5. The molecule has 0 unspecified atom stereocenters. The van der Waals surface area contributed by atoms with Gasteiger partial charge in [-0.2, -0.15) is 0 Å². The highest BCUT2D eigenvalue weighted by Gasteiger charge is 2.18. The predicted molar refractivity (Wildman–Crippen MR) is 130 cm³/mol. The van der Waals surface area contributed by atoms with E-state index in [0.29, 0.717) is 22.3 Å². The van der Waals surface area contributed by atoms with Crippen LogP contribution in [0.1, 0.15) is 31.8 Å². The summed E-state index contributed by atoms with van der Waals surface area (Å²) in [6.07, 6.45) is 0. The van der Waals surface area contributed by atoms with Gasteiger partial charge in [0.25, 0.3) is 0 Å². The van der Waals surface area contributed by atoms with E-state index in [9.17, 15) is 9.59 Å². The van der Waals surface area contributed by atoms with Crippen LogP contribution in [-0.4, -0.2) is 11.6 Å². The summed E-state index contributed by atoms with van der Waals surface area (Å²) in [6.45, 7) is 0. The number of carbonyl (C=O) groups is 2. The van der Waals surface area contributed by atoms with Crippen molar-refractivity contribution >= 4 is 22.3 Å². The fourth-order valence-electron chi connectivity index (χ4n) is 3.50. The maximum atomic E-state index is 12.7. The number of benzene rings is 5. The summed E-state index contributed by atoms with van der Waals surface area (Å²) in [7, 11) is 0. The largest absolute Gasteiger partial charge is 0.289 e. The van der Waals surface area contributed by atoms with Gasteiger partial charge in [-0.1, -0.05) is 133 Å². The second-order valence-corrected chi connectivity index (χ2v) is 7.28. The van der Waals surface area contributed by atoms with Crippen molar-refractivity contribution in [1.29, 1.82) is 0 Å². The molecular weight excluding hydrogens is 392 g/mol. The maximum absolute atomic E-state index is 12.7. The highest BCUT2D eigenvalue weighted by Crippen LogP contribution is 2.18. The molecule has 5 aromatic carbocycles. The lowest BCUT2D eigenvalue weighted by atomic mass is 9.93. The Morgan fingerprint density at radius 2 is 0.625 bits per heavy atom. The molecule has 5 rings (SSSR count). The normalized spacial score (nSPS) is 10.1. The van der Waals surface area contributed by atoms with Gasteiger partial charge in [0, 0.05) is 22.3 Å². The Balaban J connectivity index is 0.000000203. The fourth-order valence-corrected chi connectivity index (χ4v) is 3.50. The van der Waals surface area contributed by atoms with Crippen molar-refractivity contribution in [3.05, 3.63) is 156 Å². The van der Waals surface area contributed by atoms with Gasteiger partial charge in [-0.3, -0.25) is 9.59 Å². The summed E-state index contributed by atoms with van der Waals surface area (Å²) in [5.74, 6) is -0.277. The molecule has 0 aliphatic rings. The molecule has 0 saturated heterocycles. The Labute approximate surface area is 187 Å². The van der Waals surface area contributed by atoms with Crippen LogP contribution < -0.4 is 0 Å². The first-order valence-electron chi connectivity index (χ1n) is 10.5. The van der Waals surface area contributed by atoms with Crippen LogP contribution in [0.15, 0.2) is 133 Å². The van der Waals surface area contributed by atoms with Gasteiger partial charge >= 0.3 is 0 Å². The van der Waals surface area contributed by atoms with Crippen LogP contribution in [0.25, 0.3) is 10.8 Å². The molecule has 0 atom stereocenters. The second kappa shape index (κ2) is 10.1. The molecule has 0 heterocycles. The lowest BCUT2D eigenvalue weighted by molar-refractivity contribution is 0.100. The zero-order chi connectivity index (χ0) is 22.2. The van der Waals surface area contributed by atoms with Crippen molar-refractivity contribution in [3.63, 3.8) is 0 Å². The van der Waals surface area contributed by atoms with E-state index in [2.05, 4.69) is 48.5 Å². The van der Waals surface area contributed by atoms with E-state index < -0.39 is 0 Å². The van der Waals surface area contributed by atoms with Crippen LogP contribution >= 0.6 is 0 Å². The Hall–Kier alpha value is -4.30. The first-order chi connectivity index (χ1) is 15.7. The number of fused-ring (bicyclic) bond motifs is 1. The predicted octanol–water partition coefficient (Wildman–Crippen LogP) is 6.99. The summed E-state index contributed by atoms with van der Waals surface area (Å²) >= 11 is 0. The van der Waals surface area contributed by atoms with Gasteiger partial charge < -0.3 is 0 Å². The third-order valence-corrected chi connectivity index (χ3v) is 5.15. The van der Waals surface area contributed by atoms with Gasteiger partial charge in [0.15, 0.2) is 11.6 Å². The molecule has 0 radical (unpaired) electrons. The van der Waals surface area contributed by atoms with Crippen LogP contribution in [0.2, 0.25) is 0 Å². The Morgan fingerprint density at radius 3 is 0.969 bits per heavy atom. The second-order valence-electron chi connectivity index (χ2n) is 7.28. The molecule has 154 valence electrons. The highest BCUT2D eigenvalue weighted by atomic mass is 16.1. The first kappa shape index (κ1) is 21.0. The molecule has 32 heavy (non-hydrogen) atoms. The third kappa shape index (κ3) is 4.88. The van der Waals surface area contributed by atoms with Gasteiger partial charge in [0.05, 0.1) is 0 Å². The molecule has 0 spiro atoms. The van der Waals surface area contributed by atoms with Crippen LogP contribution in [0, 0.1) is 0 Å². The van der Waals surface area contributed by atoms with E-state index in [1.54, 1.807) is 48.5 Å².